The Hall–Kier alpha value is -0.948. The molecule has 0 aromatic heterocycles. The Kier molecular flexibility index (Phi) is 59.3. The minimum Gasteiger partial charge on any atom is -0.542 e. The Bertz CT molecular complexity index is 966. The van der Waals surface area contributed by atoms with Crippen molar-refractivity contribution in [1.29, 1.82) is 0 Å². The number of hydrogen-bond acceptors (Lipinski definition) is 9. The summed E-state index contributed by atoms with van der Waals surface area (Å²) in [5, 5.41) is 0. The van der Waals surface area contributed by atoms with Crippen LogP contribution in [0.5, 0.6) is 0 Å². The van der Waals surface area contributed by atoms with Crippen LogP contribution in [-0.4, -0.2) is 93.6 Å². The number of unbranched alkanes of at least 4 members (excludes halogenated alkanes) is 22. The second kappa shape index (κ2) is 56.4. The third kappa shape index (κ3) is 53.7. The third-order valence-electron chi connectivity index (χ3n) is 11.9. The van der Waals surface area contributed by atoms with Gasteiger partial charge in [-0.2, -0.15) is 6.42 Å². The Morgan fingerprint density at radius 1 is 0.594 bits per heavy atom. The Labute approximate surface area is 420 Å². The van der Waals surface area contributed by atoms with Gasteiger partial charge in [0.1, 0.15) is 12.2 Å². The molecular formula is C54H104N2O7U. The topological polar surface area (TPSA) is 102 Å². The van der Waals surface area contributed by atoms with Crippen LogP contribution in [0.15, 0.2) is 0 Å². The van der Waals surface area contributed by atoms with E-state index >= 15 is 0 Å². The summed E-state index contributed by atoms with van der Waals surface area (Å²) in [6.07, 6.45) is 45.3. The van der Waals surface area contributed by atoms with Crippen LogP contribution in [0.4, 0.5) is 0 Å². The second-order valence-electron chi connectivity index (χ2n) is 18.4. The van der Waals surface area contributed by atoms with Crippen molar-refractivity contribution in [3.8, 4) is 0 Å². The van der Waals surface area contributed by atoms with Crippen LogP contribution in [0.1, 0.15) is 259 Å². The molecule has 10 heteroatoms. The van der Waals surface area contributed by atoms with Crippen LogP contribution in [-0.2, 0) is 33.4 Å². The predicted octanol–water partition coefficient (Wildman–Crippen LogP) is 14.3. The maximum atomic E-state index is 12.3. The van der Waals surface area contributed by atoms with Crippen LogP contribution in [0.3, 0.4) is 0 Å². The van der Waals surface area contributed by atoms with E-state index in [9.17, 15) is 19.2 Å². The fraction of sp³-hybridized carbons (Fsp3) is 0.907. The van der Waals surface area contributed by atoms with Crippen LogP contribution >= 0.6 is 0 Å². The van der Waals surface area contributed by atoms with E-state index in [0.29, 0.717) is 32.3 Å². The smallest absolute Gasteiger partial charge is 0.542 e. The molecule has 0 saturated carbocycles. The van der Waals surface area contributed by atoms with Crippen molar-refractivity contribution in [2.45, 2.75) is 271 Å². The fourth-order valence-electron chi connectivity index (χ4n) is 7.84. The third-order valence-corrected chi connectivity index (χ3v) is 11.9. The zero-order valence-corrected chi connectivity index (χ0v) is 47.2. The molecule has 1 saturated heterocycles. The van der Waals surface area contributed by atoms with Gasteiger partial charge in [-0.3, -0.25) is 20.7 Å². The molecule has 0 spiro atoms. The van der Waals surface area contributed by atoms with Crippen LogP contribution in [0.2, 0.25) is 0 Å². The number of carbonyl (C=O) groups is 3. The quantitative estimate of drug-likeness (QED) is 0.0194. The minimum absolute atomic E-state index is 0. The SMILES string of the molecule is CCCCCCCCC(CCCCCC)OC(=O)CCCCCCCOC=O.CCCCCCCCC(CCCCCC)OC(=O)CCCCCN1C[CH-]CC1.CN(C)CC[C-]=O.[U+2]. The maximum absolute atomic E-state index is 12.3. The zero-order valence-electron chi connectivity index (χ0n) is 43.1. The van der Waals surface area contributed by atoms with Gasteiger partial charge in [0.2, 0.25) is 0 Å². The summed E-state index contributed by atoms with van der Waals surface area (Å²) < 4.78 is 16.4. The molecule has 376 valence electrons. The molecule has 0 aromatic rings. The van der Waals surface area contributed by atoms with Gasteiger partial charge in [0.05, 0.1) is 6.61 Å². The van der Waals surface area contributed by atoms with Gasteiger partial charge in [-0.25, -0.2) is 0 Å². The minimum atomic E-state index is -0.0178. The molecule has 9 nitrogen and oxygen atoms in total. The summed E-state index contributed by atoms with van der Waals surface area (Å²) in [5.41, 5.74) is 0. The van der Waals surface area contributed by atoms with Gasteiger partial charge in [0.25, 0.3) is 6.47 Å². The van der Waals surface area contributed by atoms with Gasteiger partial charge in [-0.1, -0.05) is 156 Å². The largest absolute Gasteiger partial charge is 2.00 e. The first-order chi connectivity index (χ1) is 30.8. The van der Waals surface area contributed by atoms with E-state index in [1.54, 1.807) is 0 Å². The molecule has 0 amide bonds. The Balaban J connectivity index is -0.000000996. The van der Waals surface area contributed by atoms with Crippen molar-refractivity contribution >= 4 is 24.7 Å². The first-order valence-corrected chi connectivity index (χ1v) is 26.8. The molecule has 64 heavy (non-hydrogen) atoms. The first kappa shape index (κ1) is 67.3. The van der Waals surface area contributed by atoms with Crippen molar-refractivity contribution in [3.63, 3.8) is 0 Å². The average Bonchev–Trinajstić information content (AvgIpc) is 3.80. The van der Waals surface area contributed by atoms with E-state index in [0.717, 1.165) is 83.7 Å². The summed E-state index contributed by atoms with van der Waals surface area (Å²) in [7, 11) is 3.86. The van der Waals surface area contributed by atoms with E-state index in [1.165, 1.54) is 154 Å². The number of hydrogen-bond donors (Lipinski definition) is 0. The maximum Gasteiger partial charge on any atom is 2.00 e. The van der Waals surface area contributed by atoms with Crippen molar-refractivity contribution in [2.24, 2.45) is 0 Å². The first-order valence-electron chi connectivity index (χ1n) is 26.8. The fourth-order valence-corrected chi connectivity index (χ4v) is 7.84. The van der Waals surface area contributed by atoms with Crippen molar-refractivity contribution in [1.82, 2.24) is 9.80 Å². The van der Waals surface area contributed by atoms with E-state index in [2.05, 4.69) is 43.8 Å². The van der Waals surface area contributed by atoms with Crippen LogP contribution < -0.4 is 0 Å². The summed E-state index contributed by atoms with van der Waals surface area (Å²) in [4.78, 5) is 48.6. The van der Waals surface area contributed by atoms with Gasteiger partial charge < -0.3 is 35.2 Å². The molecule has 0 N–H and O–H groups in total. The normalized spacial score (nSPS) is 13.2. The van der Waals surface area contributed by atoms with E-state index in [4.69, 9.17) is 9.47 Å². The second-order valence-corrected chi connectivity index (χ2v) is 18.4. The Morgan fingerprint density at radius 2 is 0.984 bits per heavy atom. The predicted molar refractivity (Wildman–Crippen MR) is 266 cm³/mol. The van der Waals surface area contributed by atoms with Crippen molar-refractivity contribution in [2.75, 3.05) is 46.9 Å². The Morgan fingerprint density at radius 3 is 1.36 bits per heavy atom. The average molecular weight is 1130 g/mol. The number of ether oxygens (including phenoxy) is 3. The molecule has 0 bridgehead atoms. The molecule has 0 radical (unpaired) electrons. The van der Waals surface area contributed by atoms with Gasteiger partial charge in [0, 0.05) is 12.8 Å². The molecule has 1 aliphatic heterocycles. The van der Waals surface area contributed by atoms with Crippen molar-refractivity contribution in [3.05, 3.63) is 6.42 Å². The molecule has 0 aliphatic carbocycles. The van der Waals surface area contributed by atoms with Crippen LogP contribution in [0, 0.1) is 37.5 Å². The number of carbonyl (C=O) groups excluding carboxylic acids is 4. The number of nitrogens with zero attached hydrogens (tertiary/aromatic N) is 2. The molecule has 0 aromatic carbocycles. The van der Waals surface area contributed by atoms with Gasteiger partial charge >= 0.3 is 43.1 Å². The van der Waals surface area contributed by atoms with Crippen LogP contribution in [0.25, 0.3) is 0 Å². The van der Waals surface area contributed by atoms with Gasteiger partial charge in [-0.15, -0.1) is 13.0 Å². The molecule has 2 unspecified atom stereocenters. The standard InChI is InChI=1S/C25H48NO2.C24H46O4.C5H10NO.U/c1-3-5-7-9-10-13-19-24(18-12-8-6-4-2)28-25(27)20-14-11-15-21-26-22-16-17-23-26;1-3-5-7-9-11-15-19-23(18-14-8-6-4-2)28-24(26)20-16-12-10-13-17-21-27-22-25;1-6(2)4-3-5-7;/h16,24H,3-15,17-23H2,1-2H3;22-23H,3-21H2,1-2H3;3-4H2,1-2H3;/q-1;;-1;+2. The molecule has 2 atom stereocenters. The summed E-state index contributed by atoms with van der Waals surface area (Å²) in [6, 6.07) is 0. The summed E-state index contributed by atoms with van der Waals surface area (Å²) in [6.45, 7) is 14.3. The number of esters is 2. The zero-order chi connectivity index (χ0) is 46.7. The van der Waals surface area contributed by atoms with E-state index < -0.39 is 0 Å². The van der Waals surface area contributed by atoms with E-state index in [1.807, 2.05) is 25.3 Å². The molecule has 1 fully saturated rings. The summed E-state index contributed by atoms with van der Waals surface area (Å²) >= 11 is 0. The molecule has 1 rings (SSSR count). The number of likely N-dealkylation sites (tertiary alicyclic amines) is 1. The molecule has 1 heterocycles. The monoisotopic (exact) mass is 1130 g/mol. The van der Waals surface area contributed by atoms with Crippen molar-refractivity contribution < 1.29 is 64.5 Å². The molecule has 1 aliphatic rings. The number of rotatable bonds is 44. The van der Waals surface area contributed by atoms with Gasteiger partial charge in [0.15, 0.2) is 0 Å². The van der Waals surface area contributed by atoms with Gasteiger partial charge in [-0.05, 0) is 111 Å². The van der Waals surface area contributed by atoms with E-state index in [-0.39, 0.29) is 55.3 Å². The summed E-state index contributed by atoms with van der Waals surface area (Å²) in [5.74, 6) is 0.0248. The molecular weight excluding hydrogens is 1030 g/mol.